The number of aryl methyl sites for hydroxylation is 1. The summed E-state index contributed by atoms with van der Waals surface area (Å²) in [5.41, 5.74) is 8.47. The number of amides is 1. The van der Waals surface area contributed by atoms with Gasteiger partial charge in [-0.15, -0.1) is 0 Å². The molecule has 0 atom stereocenters. The number of aromatic nitrogens is 1. The fourth-order valence-electron chi connectivity index (χ4n) is 3.67. The molecule has 0 radical (unpaired) electrons. The van der Waals surface area contributed by atoms with Crippen LogP contribution >= 0.6 is 0 Å². The van der Waals surface area contributed by atoms with Crippen molar-refractivity contribution in [3.05, 3.63) is 29.2 Å². The van der Waals surface area contributed by atoms with E-state index in [1.807, 2.05) is 26.0 Å². The first-order chi connectivity index (χ1) is 14.2. The van der Waals surface area contributed by atoms with Crippen molar-refractivity contribution < 1.29 is 14.3 Å². The third-order valence-corrected chi connectivity index (χ3v) is 6.29. The SMILES string of the molecule is Cc1nc(/C(N)=C(\COC(=O)N(C)C2(C)CC2)N(C)N)ccc1OC1CCCCC1. The van der Waals surface area contributed by atoms with Crippen LogP contribution in [0.5, 0.6) is 5.75 Å². The first kappa shape index (κ1) is 22.2. The lowest BCUT2D eigenvalue weighted by Gasteiger charge is -2.26. The molecule has 0 saturated heterocycles. The zero-order valence-corrected chi connectivity index (χ0v) is 18.6. The van der Waals surface area contributed by atoms with Crippen molar-refractivity contribution in [2.75, 3.05) is 20.7 Å². The van der Waals surface area contributed by atoms with E-state index in [4.69, 9.17) is 21.1 Å². The summed E-state index contributed by atoms with van der Waals surface area (Å²) in [4.78, 5) is 18.6. The second-order valence-electron chi connectivity index (χ2n) is 8.74. The first-order valence-corrected chi connectivity index (χ1v) is 10.7. The molecule has 3 rings (SSSR count). The highest BCUT2D eigenvalue weighted by Crippen LogP contribution is 2.40. The molecule has 1 aromatic heterocycles. The van der Waals surface area contributed by atoms with E-state index in [1.54, 1.807) is 19.0 Å². The standard InChI is InChI=1S/C22H35N5O3/c1-15-19(30-16-8-6-5-7-9-16)11-10-17(25-15)20(23)18(27(4)24)14-29-21(28)26(3)22(2)12-13-22/h10-11,16H,5-9,12-14,23-24H2,1-4H3/b20-18-. The minimum Gasteiger partial charge on any atom is -0.489 e. The van der Waals surface area contributed by atoms with Gasteiger partial charge in [0.1, 0.15) is 12.4 Å². The lowest BCUT2D eigenvalue weighted by molar-refractivity contribution is 0.0976. The highest BCUT2D eigenvalue weighted by Gasteiger charge is 2.44. The van der Waals surface area contributed by atoms with Crippen LogP contribution in [-0.4, -0.2) is 53.3 Å². The zero-order valence-electron chi connectivity index (χ0n) is 18.6. The zero-order chi connectivity index (χ0) is 21.9. The van der Waals surface area contributed by atoms with Crippen molar-refractivity contribution >= 4 is 11.8 Å². The van der Waals surface area contributed by atoms with Gasteiger partial charge in [-0.3, -0.25) is 0 Å². The second kappa shape index (κ2) is 9.12. The lowest BCUT2D eigenvalue weighted by atomic mass is 9.98. The average molecular weight is 418 g/mol. The molecule has 4 N–H and O–H groups in total. The largest absolute Gasteiger partial charge is 0.489 e. The van der Waals surface area contributed by atoms with Crippen LogP contribution in [0.15, 0.2) is 17.8 Å². The number of likely N-dealkylation sites (N-methyl/N-ethyl adjacent to an activating group) is 1. The van der Waals surface area contributed by atoms with Crippen LogP contribution in [0.1, 0.15) is 63.3 Å². The van der Waals surface area contributed by atoms with Crippen molar-refractivity contribution in [3.63, 3.8) is 0 Å². The van der Waals surface area contributed by atoms with Crippen LogP contribution in [0.2, 0.25) is 0 Å². The fourth-order valence-corrected chi connectivity index (χ4v) is 3.67. The van der Waals surface area contributed by atoms with Gasteiger partial charge in [-0.25, -0.2) is 15.6 Å². The summed E-state index contributed by atoms with van der Waals surface area (Å²) in [7, 11) is 3.42. The molecule has 1 heterocycles. The van der Waals surface area contributed by atoms with Crippen LogP contribution < -0.4 is 16.3 Å². The summed E-state index contributed by atoms with van der Waals surface area (Å²) in [6, 6.07) is 3.73. The molecule has 1 aromatic rings. The van der Waals surface area contributed by atoms with E-state index in [9.17, 15) is 4.79 Å². The maximum atomic E-state index is 12.4. The van der Waals surface area contributed by atoms with E-state index in [-0.39, 0.29) is 24.3 Å². The van der Waals surface area contributed by atoms with Gasteiger partial charge < -0.3 is 25.1 Å². The third kappa shape index (κ3) is 5.16. The molecule has 0 bridgehead atoms. The van der Waals surface area contributed by atoms with E-state index in [1.165, 1.54) is 24.3 Å². The molecule has 2 aliphatic carbocycles. The van der Waals surface area contributed by atoms with Crippen molar-refractivity contribution in [1.82, 2.24) is 14.9 Å². The molecule has 8 heteroatoms. The van der Waals surface area contributed by atoms with Gasteiger partial charge in [-0.05, 0) is 64.5 Å². The molecule has 8 nitrogen and oxygen atoms in total. The van der Waals surface area contributed by atoms with E-state index >= 15 is 0 Å². The molecule has 2 fully saturated rings. The van der Waals surface area contributed by atoms with Gasteiger partial charge >= 0.3 is 6.09 Å². The van der Waals surface area contributed by atoms with Crippen LogP contribution in [0, 0.1) is 6.92 Å². The Kier molecular flexibility index (Phi) is 6.75. The van der Waals surface area contributed by atoms with Crippen molar-refractivity contribution in [1.29, 1.82) is 0 Å². The van der Waals surface area contributed by atoms with Gasteiger partial charge in [0.2, 0.25) is 0 Å². The lowest BCUT2D eigenvalue weighted by Crippen LogP contribution is -2.39. The quantitative estimate of drug-likeness (QED) is 0.518. The molecule has 30 heavy (non-hydrogen) atoms. The Labute approximate surface area is 179 Å². The average Bonchev–Trinajstić information content (AvgIpc) is 3.47. The normalized spacial score (nSPS) is 19.0. The number of pyridine rings is 1. The maximum Gasteiger partial charge on any atom is 0.410 e. The van der Waals surface area contributed by atoms with E-state index < -0.39 is 0 Å². The Balaban J connectivity index is 1.70. The maximum absolute atomic E-state index is 12.4. The van der Waals surface area contributed by atoms with Gasteiger partial charge in [0.25, 0.3) is 0 Å². The Morgan fingerprint density at radius 3 is 2.47 bits per heavy atom. The fraction of sp³-hybridized carbons (Fsp3) is 0.636. The molecular formula is C22H35N5O3. The number of nitrogens with two attached hydrogens (primary N) is 2. The summed E-state index contributed by atoms with van der Waals surface area (Å²) >= 11 is 0. The minimum atomic E-state index is -0.387. The van der Waals surface area contributed by atoms with Crippen molar-refractivity contribution in [2.45, 2.75) is 70.4 Å². The summed E-state index contributed by atoms with van der Waals surface area (Å²) < 4.78 is 11.6. The number of hydrazine groups is 1. The molecule has 0 aliphatic heterocycles. The third-order valence-electron chi connectivity index (χ3n) is 6.29. The molecule has 0 spiro atoms. The number of rotatable bonds is 7. The number of ether oxygens (including phenoxy) is 2. The summed E-state index contributed by atoms with van der Waals surface area (Å²) in [5, 5.41) is 1.37. The van der Waals surface area contributed by atoms with Crippen LogP contribution in [0.4, 0.5) is 4.79 Å². The second-order valence-corrected chi connectivity index (χ2v) is 8.74. The predicted molar refractivity (Wildman–Crippen MR) is 116 cm³/mol. The number of carbonyl (C=O) groups excluding carboxylic acids is 1. The number of hydrogen-bond acceptors (Lipinski definition) is 7. The van der Waals surface area contributed by atoms with Gasteiger partial charge in [-0.2, -0.15) is 0 Å². The number of nitrogens with zero attached hydrogens (tertiary/aromatic N) is 3. The van der Waals surface area contributed by atoms with Gasteiger partial charge in [0.05, 0.1) is 28.9 Å². The van der Waals surface area contributed by atoms with Crippen molar-refractivity contribution in [3.8, 4) is 5.75 Å². The summed E-state index contributed by atoms with van der Waals surface area (Å²) in [6.07, 6.45) is 7.72. The Hall–Kier alpha value is -2.48. The van der Waals surface area contributed by atoms with E-state index in [0.717, 1.165) is 37.1 Å². The summed E-state index contributed by atoms with van der Waals surface area (Å²) in [5.74, 6) is 6.75. The van der Waals surface area contributed by atoms with Crippen molar-refractivity contribution in [2.24, 2.45) is 11.6 Å². The Bertz CT molecular complexity index is 798. The predicted octanol–water partition coefficient (Wildman–Crippen LogP) is 3.16. The van der Waals surface area contributed by atoms with Gasteiger partial charge in [0.15, 0.2) is 0 Å². The summed E-state index contributed by atoms with van der Waals surface area (Å²) in [6.45, 7) is 3.92. The monoisotopic (exact) mass is 417 g/mol. The highest BCUT2D eigenvalue weighted by molar-refractivity contribution is 5.70. The van der Waals surface area contributed by atoms with Crippen LogP contribution in [0.3, 0.4) is 0 Å². The minimum absolute atomic E-state index is 0.0286. The Morgan fingerprint density at radius 2 is 1.90 bits per heavy atom. The van der Waals surface area contributed by atoms with E-state index in [2.05, 4.69) is 4.98 Å². The highest BCUT2D eigenvalue weighted by atomic mass is 16.6. The molecule has 1 amide bonds. The Morgan fingerprint density at radius 1 is 1.23 bits per heavy atom. The number of carbonyl (C=O) groups is 1. The van der Waals surface area contributed by atoms with Crippen LogP contribution in [0.25, 0.3) is 5.70 Å². The molecule has 2 aliphatic rings. The van der Waals surface area contributed by atoms with Gasteiger partial charge in [-0.1, -0.05) is 6.42 Å². The van der Waals surface area contributed by atoms with Gasteiger partial charge in [0, 0.05) is 19.6 Å². The van der Waals surface area contributed by atoms with Crippen LogP contribution in [-0.2, 0) is 4.74 Å². The molecular weight excluding hydrogens is 382 g/mol. The van der Waals surface area contributed by atoms with E-state index in [0.29, 0.717) is 17.1 Å². The molecule has 0 aromatic carbocycles. The topological polar surface area (TPSA) is 107 Å². The molecule has 166 valence electrons. The molecule has 2 saturated carbocycles. The smallest absolute Gasteiger partial charge is 0.410 e. The molecule has 0 unspecified atom stereocenters. The first-order valence-electron chi connectivity index (χ1n) is 10.7. The number of hydrogen-bond donors (Lipinski definition) is 2.